The maximum Gasteiger partial charge on any atom is 0.323 e. The number of amides is 3. The van der Waals surface area contributed by atoms with E-state index in [1.165, 1.54) is 23.9 Å². The number of hydrogen-bond donors (Lipinski definition) is 1. The van der Waals surface area contributed by atoms with Crippen LogP contribution < -0.4 is 10.2 Å². The molecular weight excluding hydrogens is 425 g/mol. The number of nitrogens with zero attached hydrogens (tertiary/aromatic N) is 2. The summed E-state index contributed by atoms with van der Waals surface area (Å²) in [6.45, 7) is 2.87. The van der Waals surface area contributed by atoms with Gasteiger partial charge in [-0.25, -0.2) is 9.18 Å². The first-order chi connectivity index (χ1) is 15.5. The van der Waals surface area contributed by atoms with Crippen LogP contribution in [0.5, 0.6) is 0 Å². The number of fused-ring (bicyclic) bond motifs is 2. The van der Waals surface area contributed by atoms with Crippen molar-refractivity contribution in [2.24, 2.45) is 0 Å². The van der Waals surface area contributed by atoms with Gasteiger partial charge in [-0.3, -0.25) is 9.69 Å². The maximum atomic E-state index is 13.9. The van der Waals surface area contributed by atoms with Crippen LogP contribution in [0.4, 0.5) is 20.6 Å². The Morgan fingerprint density at radius 2 is 1.91 bits per heavy atom. The van der Waals surface area contributed by atoms with Crippen LogP contribution in [-0.2, 0) is 16.2 Å². The number of urea groups is 1. The summed E-state index contributed by atoms with van der Waals surface area (Å²) in [6, 6.07) is 21.1. The van der Waals surface area contributed by atoms with Crippen molar-refractivity contribution in [1.82, 2.24) is 4.90 Å². The first-order valence-electron chi connectivity index (χ1n) is 10.4. The van der Waals surface area contributed by atoms with Crippen LogP contribution in [0.3, 0.4) is 0 Å². The van der Waals surface area contributed by atoms with Crippen molar-refractivity contribution in [3.63, 3.8) is 0 Å². The van der Waals surface area contributed by atoms with E-state index in [9.17, 15) is 14.0 Å². The quantitative estimate of drug-likeness (QED) is 0.607. The van der Waals surface area contributed by atoms with Crippen molar-refractivity contribution < 1.29 is 14.0 Å². The Hall–Kier alpha value is -3.32. The second-order valence-electron chi connectivity index (χ2n) is 7.98. The number of hydrogen-bond acceptors (Lipinski definition) is 3. The number of carbonyl (C=O) groups is 2. The van der Waals surface area contributed by atoms with Crippen molar-refractivity contribution in [3.05, 3.63) is 95.3 Å². The molecule has 1 saturated heterocycles. The minimum absolute atomic E-state index is 0.128. The zero-order valence-corrected chi connectivity index (χ0v) is 18.4. The molecule has 7 heteroatoms. The minimum atomic E-state index is -1.13. The molecule has 0 aliphatic carbocycles. The van der Waals surface area contributed by atoms with E-state index >= 15 is 0 Å². The fourth-order valence-corrected chi connectivity index (χ4v) is 5.94. The Morgan fingerprint density at radius 1 is 1.09 bits per heavy atom. The van der Waals surface area contributed by atoms with Crippen molar-refractivity contribution in [3.8, 4) is 0 Å². The van der Waals surface area contributed by atoms with E-state index in [0.717, 1.165) is 22.4 Å². The number of thioether (sulfide) groups is 1. The summed E-state index contributed by atoms with van der Waals surface area (Å²) in [5.74, 6) is 0.0756. The molecule has 2 heterocycles. The zero-order chi connectivity index (χ0) is 22.3. The standard InChI is InChI=1S/C25H22FN3O2S/c1-17-6-4-7-18(14-17)16-28-22-11-3-2-10-21(22)25(23(28)30)29(12-13-32-25)24(31)27-20-9-5-8-19(26)15-20/h2-11,14-15H,12-13,16H2,1H3,(H,27,31)/t25-/m1/s1. The molecule has 3 aromatic rings. The van der Waals surface area contributed by atoms with Crippen LogP contribution in [-0.4, -0.2) is 29.1 Å². The Morgan fingerprint density at radius 3 is 2.72 bits per heavy atom. The van der Waals surface area contributed by atoms with Gasteiger partial charge in [-0.15, -0.1) is 11.8 Å². The number of carbonyl (C=O) groups excluding carboxylic acids is 2. The van der Waals surface area contributed by atoms with E-state index < -0.39 is 16.7 Å². The first-order valence-corrected chi connectivity index (χ1v) is 11.4. The van der Waals surface area contributed by atoms with Crippen molar-refractivity contribution in [2.75, 3.05) is 22.5 Å². The number of aryl methyl sites for hydroxylation is 1. The molecule has 1 N–H and O–H groups in total. The third-order valence-corrected chi connectivity index (χ3v) is 7.26. The lowest BCUT2D eigenvalue weighted by molar-refractivity contribution is -0.123. The lowest BCUT2D eigenvalue weighted by atomic mass is 10.1. The second-order valence-corrected chi connectivity index (χ2v) is 9.27. The lowest BCUT2D eigenvalue weighted by Crippen LogP contribution is -2.51. The van der Waals surface area contributed by atoms with Crippen molar-refractivity contribution in [1.29, 1.82) is 0 Å². The van der Waals surface area contributed by atoms with E-state index in [2.05, 4.69) is 11.4 Å². The number of halogens is 1. The van der Waals surface area contributed by atoms with Crippen LogP contribution in [0.25, 0.3) is 0 Å². The number of anilines is 2. The molecule has 5 rings (SSSR count). The van der Waals surface area contributed by atoms with Gasteiger partial charge in [-0.05, 0) is 36.8 Å². The monoisotopic (exact) mass is 447 g/mol. The summed E-state index contributed by atoms with van der Waals surface area (Å²) in [5.41, 5.74) is 4.15. The van der Waals surface area contributed by atoms with Crippen LogP contribution in [0.1, 0.15) is 16.7 Å². The molecule has 2 aliphatic heterocycles. The van der Waals surface area contributed by atoms with Gasteiger partial charge in [-0.2, -0.15) is 0 Å². The molecule has 162 valence electrons. The largest absolute Gasteiger partial charge is 0.323 e. The summed E-state index contributed by atoms with van der Waals surface area (Å²) in [4.78, 5) is 29.4. The van der Waals surface area contributed by atoms with Gasteiger partial charge in [0.2, 0.25) is 0 Å². The van der Waals surface area contributed by atoms with E-state index in [-0.39, 0.29) is 5.91 Å². The molecule has 3 aromatic carbocycles. The van der Waals surface area contributed by atoms with Crippen LogP contribution in [0.15, 0.2) is 72.8 Å². The highest BCUT2D eigenvalue weighted by atomic mass is 32.2. The molecular formula is C25H22FN3O2S. The normalized spacial score (nSPS) is 19.5. The molecule has 32 heavy (non-hydrogen) atoms. The van der Waals surface area contributed by atoms with Gasteiger partial charge < -0.3 is 10.2 Å². The van der Waals surface area contributed by atoms with Gasteiger partial charge in [0.05, 0.1) is 12.2 Å². The van der Waals surface area contributed by atoms with Crippen LogP contribution in [0.2, 0.25) is 0 Å². The van der Waals surface area contributed by atoms with E-state index in [1.807, 2.05) is 49.4 Å². The molecule has 1 atom stereocenters. The lowest BCUT2D eigenvalue weighted by Gasteiger charge is -2.33. The summed E-state index contributed by atoms with van der Waals surface area (Å²) in [6.07, 6.45) is 0. The van der Waals surface area contributed by atoms with Gasteiger partial charge >= 0.3 is 6.03 Å². The summed E-state index contributed by atoms with van der Waals surface area (Å²) in [5, 5.41) is 2.76. The SMILES string of the molecule is Cc1cccc(CN2C(=O)[C@]3(SCCN3C(=O)Nc3cccc(F)c3)c3ccccc32)c1. The van der Waals surface area contributed by atoms with Crippen LogP contribution in [0, 0.1) is 12.7 Å². The molecule has 3 amide bonds. The second kappa shape index (κ2) is 7.98. The van der Waals surface area contributed by atoms with Gasteiger partial charge in [0.15, 0.2) is 4.87 Å². The molecule has 2 aliphatic rings. The van der Waals surface area contributed by atoms with Gasteiger partial charge in [0.25, 0.3) is 5.91 Å². The Kier molecular flexibility index (Phi) is 5.13. The molecule has 0 saturated carbocycles. The minimum Gasteiger partial charge on any atom is -0.308 e. The van der Waals surface area contributed by atoms with E-state index in [1.54, 1.807) is 21.9 Å². The maximum absolute atomic E-state index is 13.9. The van der Waals surface area contributed by atoms with Crippen molar-refractivity contribution in [2.45, 2.75) is 18.3 Å². The average Bonchev–Trinajstić information content (AvgIpc) is 3.31. The summed E-state index contributed by atoms with van der Waals surface area (Å²) < 4.78 is 13.6. The highest BCUT2D eigenvalue weighted by Crippen LogP contribution is 2.54. The molecule has 5 nitrogen and oxygen atoms in total. The van der Waals surface area contributed by atoms with Crippen LogP contribution >= 0.6 is 11.8 Å². The van der Waals surface area contributed by atoms with Gasteiger partial charge in [-0.1, -0.05) is 54.1 Å². The third-order valence-electron chi connectivity index (χ3n) is 5.85. The van der Waals surface area contributed by atoms with E-state index in [0.29, 0.717) is 24.5 Å². The summed E-state index contributed by atoms with van der Waals surface area (Å²) >= 11 is 1.47. The molecule has 1 spiro atoms. The van der Waals surface area contributed by atoms with Gasteiger partial charge in [0, 0.05) is 23.5 Å². The molecule has 0 radical (unpaired) electrons. The number of nitrogens with one attached hydrogen (secondary N) is 1. The molecule has 1 fully saturated rings. The van der Waals surface area contributed by atoms with Gasteiger partial charge in [0.1, 0.15) is 5.82 Å². The number of benzene rings is 3. The molecule has 0 unspecified atom stereocenters. The zero-order valence-electron chi connectivity index (χ0n) is 17.5. The first kappa shape index (κ1) is 20.6. The average molecular weight is 448 g/mol. The highest BCUT2D eigenvalue weighted by Gasteiger charge is 2.59. The Bertz CT molecular complexity index is 1220. The predicted octanol–water partition coefficient (Wildman–Crippen LogP) is 5.11. The topological polar surface area (TPSA) is 52.7 Å². The predicted molar refractivity (Wildman–Crippen MR) is 125 cm³/mol. The Labute approximate surface area is 190 Å². The van der Waals surface area contributed by atoms with Crippen molar-refractivity contribution >= 4 is 35.1 Å². The summed E-state index contributed by atoms with van der Waals surface area (Å²) in [7, 11) is 0. The molecule has 0 aromatic heterocycles. The number of para-hydroxylation sites is 1. The fraction of sp³-hybridized carbons (Fsp3) is 0.200. The molecule has 0 bridgehead atoms. The highest BCUT2D eigenvalue weighted by molar-refractivity contribution is 8.01. The third kappa shape index (κ3) is 3.33. The Balaban J connectivity index is 1.51. The van der Waals surface area contributed by atoms with E-state index in [4.69, 9.17) is 0 Å². The number of rotatable bonds is 3. The fourth-order valence-electron chi connectivity index (χ4n) is 4.48. The smallest absolute Gasteiger partial charge is 0.308 e.